The van der Waals surface area contributed by atoms with Gasteiger partial charge in [-0.3, -0.25) is 10.1 Å². The number of amides is 1. The van der Waals surface area contributed by atoms with Gasteiger partial charge in [-0.1, -0.05) is 0 Å². The number of benzene rings is 1. The van der Waals surface area contributed by atoms with Gasteiger partial charge in [-0.05, 0) is 48.0 Å². The van der Waals surface area contributed by atoms with Crippen molar-refractivity contribution in [3.63, 3.8) is 0 Å². The molecule has 2 heterocycles. The molecule has 0 unspecified atom stereocenters. The Labute approximate surface area is 163 Å². The van der Waals surface area contributed by atoms with Gasteiger partial charge in [0.25, 0.3) is 5.91 Å². The van der Waals surface area contributed by atoms with Gasteiger partial charge in [0.2, 0.25) is 5.88 Å². The molecular formula is C18H16BrN3O3S. The first-order chi connectivity index (χ1) is 12.5. The summed E-state index contributed by atoms with van der Waals surface area (Å²) < 4.78 is 12.4. The summed E-state index contributed by atoms with van der Waals surface area (Å²) in [4.78, 5) is 20.8. The van der Waals surface area contributed by atoms with Gasteiger partial charge in [0, 0.05) is 39.9 Å². The van der Waals surface area contributed by atoms with E-state index in [0.29, 0.717) is 28.1 Å². The number of aromatic nitrogens is 2. The third-order valence-electron chi connectivity index (χ3n) is 3.09. The first-order valence-electron chi connectivity index (χ1n) is 7.81. The number of nitrogens with zero attached hydrogens (tertiary/aromatic N) is 2. The standard InChI is InChI=1S/C18H16BrN3O3S/c1-11(2)24-14-7-12(17(23)22-18-20-5-6-26-18)8-15(9-14)25-16-4-3-13(19)10-21-16/h3-11H,1-2H3,(H,20,22,23). The summed E-state index contributed by atoms with van der Waals surface area (Å²) in [5.41, 5.74) is 0.408. The van der Waals surface area contributed by atoms with Gasteiger partial charge < -0.3 is 9.47 Å². The molecule has 3 rings (SSSR count). The largest absolute Gasteiger partial charge is 0.491 e. The molecule has 0 aliphatic rings. The van der Waals surface area contributed by atoms with Crippen molar-refractivity contribution in [2.24, 2.45) is 0 Å². The van der Waals surface area contributed by atoms with Crippen molar-refractivity contribution in [2.45, 2.75) is 20.0 Å². The van der Waals surface area contributed by atoms with Crippen LogP contribution in [0.25, 0.3) is 0 Å². The van der Waals surface area contributed by atoms with E-state index < -0.39 is 0 Å². The van der Waals surface area contributed by atoms with E-state index in [9.17, 15) is 4.79 Å². The molecule has 2 aromatic heterocycles. The van der Waals surface area contributed by atoms with Gasteiger partial charge in [0.15, 0.2) is 5.13 Å². The van der Waals surface area contributed by atoms with Crippen LogP contribution in [0.4, 0.5) is 5.13 Å². The molecule has 1 N–H and O–H groups in total. The summed E-state index contributed by atoms with van der Waals surface area (Å²) >= 11 is 4.68. The van der Waals surface area contributed by atoms with Crippen molar-refractivity contribution in [1.82, 2.24) is 9.97 Å². The molecule has 0 aliphatic carbocycles. The quantitative estimate of drug-likeness (QED) is 0.582. The monoisotopic (exact) mass is 433 g/mol. The Hall–Kier alpha value is -2.45. The van der Waals surface area contributed by atoms with Crippen LogP contribution >= 0.6 is 27.3 Å². The van der Waals surface area contributed by atoms with Gasteiger partial charge in [-0.2, -0.15) is 0 Å². The predicted molar refractivity (Wildman–Crippen MR) is 104 cm³/mol. The Bertz CT molecular complexity index is 883. The Balaban J connectivity index is 1.87. The van der Waals surface area contributed by atoms with Gasteiger partial charge in [0.1, 0.15) is 11.5 Å². The number of ether oxygens (including phenoxy) is 2. The van der Waals surface area contributed by atoms with E-state index in [0.717, 1.165) is 4.47 Å². The maximum Gasteiger partial charge on any atom is 0.257 e. The lowest BCUT2D eigenvalue weighted by atomic mass is 10.2. The third-order valence-corrected chi connectivity index (χ3v) is 4.25. The number of halogens is 1. The van der Waals surface area contributed by atoms with Crippen LogP contribution in [0.5, 0.6) is 17.4 Å². The molecular weight excluding hydrogens is 418 g/mol. The normalized spacial score (nSPS) is 10.6. The Morgan fingerprint density at radius 2 is 2.00 bits per heavy atom. The van der Waals surface area contributed by atoms with Crippen molar-refractivity contribution in [1.29, 1.82) is 0 Å². The SMILES string of the molecule is CC(C)Oc1cc(Oc2ccc(Br)cn2)cc(C(=O)Nc2nccs2)c1. The zero-order valence-electron chi connectivity index (χ0n) is 14.1. The van der Waals surface area contributed by atoms with Crippen molar-refractivity contribution in [3.8, 4) is 17.4 Å². The number of pyridine rings is 1. The lowest BCUT2D eigenvalue weighted by Gasteiger charge is -2.13. The van der Waals surface area contributed by atoms with Crippen LogP contribution in [0, 0.1) is 0 Å². The number of hydrogen-bond acceptors (Lipinski definition) is 6. The zero-order valence-corrected chi connectivity index (χ0v) is 16.5. The van der Waals surface area contributed by atoms with Gasteiger partial charge in [-0.15, -0.1) is 11.3 Å². The highest BCUT2D eigenvalue weighted by Crippen LogP contribution is 2.28. The number of nitrogens with one attached hydrogen (secondary N) is 1. The number of carbonyl (C=O) groups is 1. The smallest absolute Gasteiger partial charge is 0.257 e. The molecule has 6 nitrogen and oxygen atoms in total. The molecule has 0 saturated carbocycles. The zero-order chi connectivity index (χ0) is 18.5. The van der Waals surface area contributed by atoms with Gasteiger partial charge >= 0.3 is 0 Å². The fourth-order valence-corrected chi connectivity index (χ4v) is 2.86. The Morgan fingerprint density at radius 1 is 1.19 bits per heavy atom. The van der Waals surface area contributed by atoms with Crippen LogP contribution in [0.1, 0.15) is 24.2 Å². The van der Waals surface area contributed by atoms with Crippen LogP contribution in [0.15, 0.2) is 52.6 Å². The highest BCUT2D eigenvalue weighted by molar-refractivity contribution is 9.10. The van der Waals surface area contributed by atoms with E-state index in [2.05, 4.69) is 31.2 Å². The number of anilines is 1. The maximum atomic E-state index is 12.5. The van der Waals surface area contributed by atoms with E-state index in [4.69, 9.17) is 9.47 Å². The van der Waals surface area contributed by atoms with Gasteiger partial charge in [0.05, 0.1) is 6.10 Å². The minimum atomic E-state index is -0.289. The van der Waals surface area contributed by atoms with Crippen molar-refractivity contribution >= 4 is 38.3 Å². The lowest BCUT2D eigenvalue weighted by molar-refractivity contribution is 0.102. The van der Waals surface area contributed by atoms with Crippen LogP contribution in [0.3, 0.4) is 0 Å². The number of hydrogen-bond donors (Lipinski definition) is 1. The Morgan fingerprint density at radius 3 is 2.65 bits per heavy atom. The molecule has 26 heavy (non-hydrogen) atoms. The molecule has 0 bridgehead atoms. The molecule has 0 spiro atoms. The average Bonchev–Trinajstić information content (AvgIpc) is 3.09. The molecule has 0 aliphatic heterocycles. The van der Waals surface area contributed by atoms with Crippen molar-refractivity contribution in [2.75, 3.05) is 5.32 Å². The van der Waals surface area contributed by atoms with Crippen molar-refractivity contribution < 1.29 is 14.3 Å². The lowest BCUT2D eigenvalue weighted by Crippen LogP contribution is -2.13. The first kappa shape index (κ1) is 18.3. The summed E-state index contributed by atoms with van der Waals surface area (Å²) in [5, 5.41) is 5.08. The fraction of sp³-hybridized carbons (Fsp3) is 0.167. The summed E-state index contributed by atoms with van der Waals surface area (Å²) in [6, 6.07) is 8.59. The maximum absolute atomic E-state index is 12.5. The second-order valence-electron chi connectivity index (χ2n) is 5.57. The van der Waals surface area contributed by atoms with Gasteiger partial charge in [-0.25, -0.2) is 9.97 Å². The van der Waals surface area contributed by atoms with E-state index in [1.807, 2.05) is 19.9 Å². The molecule has 8 heteroatoms. The van der Waals surface area contributed by atoms with Crippen LogP contribution in [0.2, 0.25) is 0 Å². The van der Waals surface area contributed by atoms with Crippen LogP contribution < -0.4 is 14.8 Å². The highest BCUT2D eigenvalue weighted by Gasteiger charge is 2.13. The predicted octanol–water partition coefficient (Wildman–Crippen LogP) is 5.13. The van der Waals surface area contributed by atoms with E-state index in [-0.39, 0.29) is 12.0 Å². The summed E-state index contributed by atoms with van der Waals surface area (Å²) in [6.07, 6.45) is 3.23. The van der Waals surface area contributed by atoms with Crippen LogP contribution in [-0.2, 0) is 0 Å². The molecule has 0 fully saturated rings. The average molecular weight is 434 g/mol. The van der Waals surface area contributed by atoms with E-state index in [1.54, 1.807) is 42.0 Å². The Kier molecular flexibility index (Phi) is 5.85. The first-order valence-corrected chi connectivity index (χ1v) is 9.49. The number of rotatable bonds is 6. The minimum absolute atomic E-state index is 0.0362. The highest BCUT2D eigenvalue weighted by atomic mass is 79.9. The topological polar surface area (TPSA) is 73.3 Å². The number of thiazole rings is 1. The molecule has 0 atom stereocenters. The molecule has 3 aromatic rings. The molecule has 1 amide bonds. The second kappa shape index (κ2) is 8.29. The molecule has 1 aromatic carbocycles. The fourth-order valence-electron chi connectivity index (χ4n) is 2.10. The molecule has 0 radical (unpaired) electrons. The summed E-state index contributed by atoms with van der Waals surface area (Å²) in [5.74, 6) is 1.13. The third kappa shape index (κ3) is 5.03. The van der Waals surface area contributed by atoms with E-state index in [1.165, 1.54) is 11.3 Å². The van der Waals surface area contributed by atoms with E-state index >= 15 is 0 Å². The van der Waals surface area contributed by atoms with Crippen molar-refractivity contribution in [3.05, 3.63) is 58.1 Å². The second-order valence-corrected chi connectivity index (χ2v) is 7.38. The molecule has 134 valence electrons. The summed E-state index contributed by atoms with van der Waals surface area (Å²) in [6.45, 7) is 3.83. The van der Waals surface area contributed by atoms with Crippen LogP contribution in [-0.4, -0.2) is 22.0 Å². The summed E-state index contributed by atoms with van der Waals surface area (Å²) in [7, 11) is 0. The number of carbonyl (C=O) groups excluding carboxylic acids is 1. The molecule has 0 saturated heterocycles. The minimum Gasteiger partial charge on any atom is -0.491 e.